The van der Waals surface area contributed by atoms with E-state index in [0.717, 1.165) is 13.0 Å². The van der Waals surface area contributed by atoms with Crippen LogP contribution in [0.3, 0.4) is 0 Å². The van der Waals surface area contributed by atoms with Crippen LogP contribution in [0.15, 0.2) is 0 Å². The van der Waals surface area contributed by atoms with Gasteiger partial charge in [0.2, 0.25) is 0 Å². The smallest absolute Gasteiger partial charge is 0.0718 e. The van der Waals surface area contributed by atoms with Crippen LogP contribution in [-0.2, 0) is 0 Å². The van der Waals surface area contributed by atoms with Gasteiger partial charge in [-0.05, 0) is 25.3 Å². The predicted octanol–water partition coefficient (Wildman–Crippen LogP) is 3.63. The first-order valence-corrected chi connectivity index (χ1v) is 9.30. The van der Waals surface area contributed by atoms with Crippen LogP contribution in [0.2, 0.25) is 0 Å². The number of rotatable bonds is 12. The lowest BCUT2D eigenvalue weighted by Crippen LogP contribution is -2.50. The van der Waals surface area contributed by atoms with E-state index >= 15 is 0 Å². The molecule has 0 unspecified atom stereocenters. The van der Waals surface area contributed by atoms with Gasteiger partial charge in [-0.25, -0.2) is 0 Å². The number of piperidine rings is 1. The van der Waals surface area contributed by atoms with Gasteiger partial charge in [0.15, 0.2) is 0 Å². The predicted molar refractivity (Wildman–Crippen MR) is 89.5 cm³/mol. The molecule has 1 heterocycles. The lowest BCUT2D eigenvalue weighted by Gasteiger charge is -2.33. The molecule has 0 aromatic rings. The summed E-state index contributed by atoms with van der Waals surface area (Å²) in [6, 6.07) is -0.103. The fourth-order valence-corrected chi connectivity index (χ4v) is 3.37. The summed E-state index contributed by atoms with van der Waals surface area (Å²) in [5.74, 6) is 0.594. The zero-order chi connectivity index (χ0) is 15.3. The van der Waals surface area contributed by atoms with Crippen LogP contribution in [0.4, 0.5) is 0 Å². The van der Waals surface area contributed by atoms with Gasteiger partial charge in [0, 0.05) is 0 Å². The van der Waals surface area contributed by atoms with E-state index in [-0.39, 0.29) is 18.8 Å². The highest BCUT2D eigenvalue weighted by atomic mass is 16.3. The molecule has 3 atom stereocenters. The molecule has 0 amide bonds. The van der Waals surface area contributed by atoms with Crippen molar-refractivity contribution in [2.24, 2.45) is 5.92 Å². The average molecular weight is 299 g/mol. The normalized spacial score (nSPS) is 26.1. The molecule has 0 spiro atoms. The Hall–Kier alpha value is -0.120. The van der Waals surface area contributed by atoms with E-state index in [2.05, 4.69) is 12.2 Å². The molecule has 0 bridgehead atoms. The number of hydrogen-bond acceptors (Lipinski definition) is 3. The number of hydrogen-bond donors (Lipinski definition) is 3. The van der Waals surface area contributed by atoms with Crippen molar-refractivity contribution in [2.75, 3.05) is 13.2 Å². The maximum Gasteiger partial charge on any atom is 0.0718 e. The number of aliphatic hydroxyl groups excluding tert-OH is 2. The van der Waals surface area contributed by atoms with Crippen LogP contribution in [0.25, 0.3) is 0 Å². The zero-order valence-corrected chi connectivity index (χ0v) is 14.0. The lowest BCUT2D eigenvalue weighted by atomic mass is 9.88. The van der Waals surface area contributed by atoms with Gasteiger partial charge in [0.05, 0.1) is 18.8 Å². The Kier molecular flexibility index (Phi) is 11.2. The number of nitrogens with one attached hydrogen (secondary N) is 1. The molecular weight excluding hydrogens is 262 g/mol. The van der Waals surface area contributed by atoms with Crippen molar-refractivity contribution in [1.82, 2.24) is 5.32 Å². The molecule has 3 nitrogen and oxygen atoms in total. The Labute approximate surface area is 131 Å². The van der Waals surface area contributed by atoms with E-state index in [9.17, 15) is 5.11 Å². The Morgan fingerprint density at radius 2 is 1.48 bits per heavy atom. The average Bonchev–Trinajstić information content (AvgIpc) is 2.49. The Morgan fingerprint density at radius 3 is 2.00 bits per heavy atom. The quantitative estimate of drug-likeness (QED) is 0.482. The molecular formula is C18H37NO2. The van der Waals surface area contributed by atoms with Gasteiger partial charge in [-0.1, -0.05) is 71.1 Å². The van der Waals surface area contributed by atoms with Gasteiger partial charge in [-0.3, -0.25) is 0 Å². The van der Waals surface area contributed by atoms with Crippen LogP contribution < -0.4 is 5.32 Å². The molecule has 0 aromatic heterocycles. The Morgan fingerprint density at radius 1 is 0.905 bits per heavy atom. The summed E-state index contributed by atoms with van der Waals surface area (Å²) < 4.78 is 0. The summed E-state index contributed by atoms with van der Waals surface area (Å²) in [5, 5.41) is 22.2. The summed E-state index contributed by atoms with van der Waals surface area (Å²) in [7, 11) is 0. The van der Waals surface area contributed by atoms with Crippen LogP contribution >= 0.6 is 0 Å². The van der Waals surface area contributed by atoms with E-state index in [4.69, 9.17) is 5.11 Å². The third-order valence-corrected chi connectivity index (χ3v) is 4.87. The molecule has 1 fully saturated rings. The largest absolute Gasteiger partial charge is 0.395 e. The SMILES string of the molecule is CCCCCCCCCCCC[C@H]1CN[C@H](CO)[C@@H](O)C1. The second-order valence-electron chi connectivity index (χ2n) is 6.84. The lowest BCUT2D eigenvalue weighted by molar-refractivity contribution is 0.0419. The Bertz CT molecular complexity index is 235. The van der Waals surface area contributed by atoms with Crippen molar-refractivity contribution >= 4 is 0 Å². The summed E-state index contributed by atoms with van der Waals surface area (Å²) in [5.41, 5.74) is 0. The molecule has 21 heavy (non-hydrogen) atoms. The minimum absolute atomic E-state index is 0.0478. The van der Waals surface area contributed by atoms with Crippen molar-refractivity contribution in [1.29, 1.82) is 0 Å². The third-order valence-electron chi connectivity index (χ3n) is 4.87. The van der Waals surface area contributed by atoms with Gasteiger partial charge < -0.3 is 15.5 Å². The highest BCUT2D eigenvalue weighted by molar-refractivity contribution is 4.84. The molecule has 3 heteroatoms. The van der Waals surface area contributed by atoms with Crippen LogP contribution in [0.5, 0.6) is 0 Å². The van der Waals surface area contributed by atoms with Gasteiger partial charge in [0.1, 0.15) is 0 Å². The van der Waals surface area contributed by atoms with Crippen molar-refractivity contribution in [3.05, 3.63) is 0 Å². The Balaban J connectivity index is 1.86. The topological polar surface area (TPSA) is 52.5 Å². The van der Waals surface area contributed by atoms with Crippen LogP contribution in [0.1, 0.15) is 84.0 Å². The van der Waals surface area contributed by atoms with Crippen molar-refractivity contribution in [2.45, 2.75) is 96.1 Å². The summed E-state index contributed by atoms with van der Waals surface area (Å²) in [6.07, 6.45) is 15.5. The maximum absolute atomic E-state index is 9.88. The molecule has 0 radical (unpaired) electrons. The molecule has 0 aliphatic carbocycles. The first-order valence-electron chi connectivity index (χ1n) is 9.30. The van der Waals surface area contributed by atoms with E-state index in [1.165, 1.54) is 70.6 Å². The molecule has 1 aliphatic heterocycles. The summed E-state index contributed by atoms with van der Waals surface area (Å²) >= 11 is 0. The molecule has 3 N–H and O–H groups in total. The molecule has 126 valence electrons. The second kappa shape index (κ2) is 12.4. The maximum atomic E-state index is 9.88. The van der Waals surface area contributed by atoms with Crippen molar-refractivity contribution in [3.8, 4) is 0 Å². The fraction of sp³-hybridized carbons (Fsp3) is 1.00. The molecule has 0 aromatic carbocycles. The van der Waals surface area contributed by atoms with Crippen molar-refractivity contribution < 1.29 is 10.2 Å². The zero-order valence-electron chi connectivity index (χ0n) is 14.0. The second-order valence-corrected chi connectivity index (χ2v) is 6.84. The molecule has 1 rings (SSSR count). The summed E-state index contributed by atoms with van der Waals surface area (Å²) in [4.78, 5) is 0. The first kappa shape index (κ1) is 18.9. The monoisotopic (exact) mass is 299 g/mol. The van der Waals surface area contributed by atoms with E-state index in [0.29, 0.717) is 5.92 Å². The highest BCUT2D eigenvalue weighted by Gasteiger charge is 2.27. The minimum Gasteiger partial charge on any atom is -0.395 e. The van der Waals surface area contributed by atoms with Gasteiger partial charge in [-0.15, -0.1) is 0 Å². The van der Waals surface area contributed by atoms with E-state index in [1.54, 1.807) is 0 Å². The molecule has 1 saturated heterocycles. The first-order chi connectivity index (χ1) is 10.3. The van der Waals surface area contributed by atoms with Crippen LogP contribution in [-0.4, -0.2) is 35.5 Å². The standard InChI is InChI=1S/C18H37NO2/c1-2-3-4-5-6-7-8-9-10-11-12-16-13-18(21)17(15-20)19-14-16/h16-21H,2-15H2,1H3/t16-,17-,18+/m1/s1. The fourth-order valence-electron chi connectivity index (χ4n) is 3.37. The van der Waals surface area contributed by atoms with E-state index < -0.39 is 0 Å². The van der Waals surface area contributed by atoms with Crippen LogP contribution in [0, 0.1) is 5.92 Å². The highest BCUT2D eigenvalue weighted by Crippen LogP contribution is 2.21. The molecule has 1 aliphatic rings. The summed E-state index contributed by atoms with van der Waals surface area (Å²) in [6.45, 7) is 3.27. The molecule has 0 saturated carbocycles. The number of unbranched alkanes of at least 4 members (excludes halogenated alkanes) is 9. The minimum atomic E-state index is -0.364. The van der Waals surface area contributed by atoms with Gasteiger partial charge in [-0.2, -0.15) is 0 Å². The van der Waals surface area contributed by atoms with Crippen molar-refractivity contribution in [3.63, 3.8) is 0 Å². The van der Waals surface area contributed by atoms with Gasteiger partial charge in [0.25, 0.3) is 0 Å². The van der Waals surface area contributed by atoms with E-state index in [1.807, 2.05) is 0 Å². The van der Waals surface area contributed by atoms with Gasteiger partial charge >= 0.3 is 0 Å². The number of aliphatic hydroxyl groups is 2. The third kappa shape index (κ3) is 8.80.